The molecule has 2 amide bonds. The Morgan fingerprint density at radius 3 is 2.78 bits per heavy atom. The highest BCUT2D eigenvalue weighted by Gasteiger charge is 2.39. The van der Waals surface area contributed by atoms with Crippen molar-refractivity contribution in [3.05, 3.63) is 77.6 Å². The smallest absolute Gasteiger partial charge is 0.261 e. The average Bonchev–Trinajstić information content (AvgIpc) is 3.65. The first-order chi connectivity index (χ1) is 15.5. The van der Waals surface area contributed by atoms with E-state index in [2.05, 4.69) is 11.9 Å². The number of benzene rings is 2. The molecule has 0 unspecified atom stereocenters. The highest BCUT2D eigenvalue weighted by molar-refractivity contribution is 5.82. The van der Waals surface area contributed by atoms with Crippen molar-refractivity contribution >= 4 is 11.8 Å². The Labute approximate surface area is 188 Å². The first-order valence-electron chi connectivity index (χ1n) is 11.3. The second kappa shape index (κ2) is 9.55. The van der Waals surface area contributed by atoms with Crippen molar-refractivity contribution in [3.63, 3.8) is 0 Å². The summed E-state index contributed by atoms with van der Waals surface area (Å²) in [5.41, 5.74) is 2.78. The van der Waals surface area contributed by atoms with Gasteiger partial charge in [0.1, 0.15) is 11.6 Å². The Hall–Kier alpha value is -3.15. The van der Waals surface area contributed by atoms with Crippen molar-refractivity contribution in [1.29, 1.82) is 0 Å². The largest absolute Gasteiger partial charge is 0.481 e. The van der Waals surface area contributed by atoms with Gasteiger partial charge in [-0.3, -0.25) is 9.59 Å². The molecule has 1 aliphatic heterocycles. The van der Waals surface area contributed by atoms with E-state index >= 15 is 0 Å². The van der Waals surface area contributed by atoms with Crippen molar-refractivity contribution in [1.82, 2.24) is 10.2 Å². The fraction of sp³-hybridized carbons (Fsp3) is 0.385. The zero-order valence-corrected chi connectivity index (χ0v) is 18.4. The summed E-state index contributed by atoms with van der Waals surface area (Å²) in [7, 11) is 0. The number of halogens is 1. The fourth-order valence-electron chi connectivity index (χ4n) is 4.28. The predicted octanol–water partition coefficient (Wildman–Crippen LogP) is 4.17. The molecule has 0 aromatic heterocycles. The minimum absolute atomic E-state index is 0.0741. The maximum atomic E-state index is 14.1. The number of fused-ring (bicyclic) bond motifs is 1. The van der Waals surface area contributed by atoms with E-state index in [0.29, 0.717) is 25.3 Å². The molecule has 0 bridgehead atoms. The summed E-state index contributed by atoms with van der Waals surface area (Å²) in [5, 5.41) is 2.77. The summed E-state index contributed by atoms with van der Waals surface area (Å²) in [6.07, 6.45) is 4.07. The van der Waals surface area contributed by atoms with E-state index in [0.717, 1.165) is 36.0 Å². The van der Waals surface area contributed by atoms with Gasteiger partial charge >= 0.3 is 0 Å². The van der Waals surface area contributed by atoms with E-state index in [-0.39, 0.29) is 29.6 Å². The number of hydrogen-bond acceptors (Lipinski definition) is 3. The van der Waals surface area contributed by atoms with Gasteiger partial charge in [-0.1, -0.05) is 31.2 Å². The molecule has 2 aliphatic rings. The van der Waals surface area contributed by atoms with Crippen LogP contribution in [0.2, 0.25) is 0 Å². The molecule has 1 heterocycles. The van der Waals surface area contributed by atoms with Gasteiger partial charge in [-0.2, -0.15) is 0 Å². The third-order valence-electron chi connectivity index (χ3n) is 6.08. The number of ether oxygens (including phenoxy) is 1. The van der Waals surface area contributed by atoms with Gasteiger partial charge in [0.05, 0.1) is 6.04 Å². The first-order valence-corrected chi connectivity index (χ1v) is 11.3. The molecule has 6 heteroatoms. The van der Waals surface area contributed by atoms with Crippen LogP contribution >= 0.6 is 0 Å². The molecule has 1 fully saturated rings. The Bertz CT molecular complexity index is 1020. The number of nitrogens with zero attached hydrogens (tertiary/aromatic N) is 1. The second-order valence-corrected chi connectivity index (χ2v) is 8.42. The van der Waals surface area contributed by atoms with Gasteiger partial charge in [0.2, 0.25) is 5.91 Å². The third kappa shape index (κ3) is 4.69. The lowest BCUT2D eigenvalue weighted by atomic mass is 9.87. The number of nitrogens with one attached hydrogen (secondary N) is 1. The number of carbonyl (C=O) groups is 2. The van der Waals surface area contributed by atoms with Crippen LogP contribution in [0, 0.1) is 11.7 Å². The molecule has 32 heavy (non-hydrogen) atoms. The van der Waals surface area contributed by atoms with E-state index in [4.69, 9.17) is 4.74 Å². The summed E-state index contributed by atoms with van der Waals surface area (Å²) >= 11 is 0. The van der Waals surface area contributed by atoms with Crippen LogP contribution in [0.15, 0.2) is 55.1 Å². The molecule has 2 aromatic carbocycles. The quantitative estimate of drug-likeness (QED) is 0.632. The molecule has 0 spiro atoms. The fourth-order valence-corrected chi connectivity index (χ4v) is 4.28. The Morgan fingerprint density at radius 1 is 1.28 bits per heavy atom. The second-order valence-electron chi connectivity index (χ2n) is 8.42. The monoisotopic (exact) mass is 436 g/mol. The van der Waals surface area contributed by atoms with Crippen LogP contribution in [0.3, 0.4) is 0 Å². The molecule has 1 N–H and O–H groups in total. The van der Waals surface area contributed by atoms with Crippen LogP contribution in [0.4, 0.5) is 4.39 Å². The Balaban J connectivity index is 1.68. The van der Waals surface area contributed by atoms with Crippen molar-refractivity contribution < 1.29 is 18.7 Å². The summed E-state index contributed by atoms with van der Waals surface area (Å²) in [4.78, 5) is 27.4. The average molecular weight is 437 g/mol. The SMILES string of the molecule is C=CCNC(=O)[C@@H](CC)Oc1ccc2c(c1)[C@@H](c1cccc(F)c1)N(C(=O)C1CC1)CC2. The molecule has 168 valence electrons. The number of amides is 2. The van der Waals surface area contributed by atoms with E-state index in [9.17, 15) is 14.0 Å². The maximum absolute atomic E-state index is 14.1. The molecule has 1 aliphatic carbocycles. The lowest BCUT2D eigenvalue weighted by Crippen LogP contribution is -2.41. The van der Waals surface area contributed by atoms with Gasteiger partial charge in [0, 0.05) is 19.0 Å². The van der Waals surface area contributed by atoms with Gasteiger partial charge in [0.25, 0.3) is 5.91 Å². The maximum Gasteiger partial charge on any atom is 0.261 e. The zero-order chi connectivity index (χ0) is 22.7. The van der Waals surface area contributed by atoms with Gasteiger partial charge in [-0.15, -0.1) is 6.58 Å². The number of rotatable bonds is 8. The normalized spacial score (nSPS) is 18.4. The van der Waals surface area contributed by atoms with Crippen LogP contribution in [0.25, 0.3) is 0 Å². The molecular weight excluding hydrogens is 407 g/mol. The van der Waals surface area contributed by atoms with E-state index in [1.54, 1.807) is 12.1 Å². The van der Waals surface area contributed by atoms with Gasteiger partial charge in [-0.05, 0) is 66.6 Å². The van der Waals surface area contributed by atoms with Crippen molar-refractivity contribution in [3.8, 4) is 5.75 Å². The van der Waals surface area contributed by atoms with Crippen LogP contribution < -0.4 is 10.1 Å². The summed E-state index contributed by atoms with van der Waals surface area (Å²) in [6.45, 7) is 6.49. The summed E-state index contributed by atoms with van der Waals surface area (Å²) in [5.74, 6) is 0.242. The number of hydrogen-bond donors (Lipinski definition) is 1. The topological polar surface area (TPSA) is 58.6 Å². The first kappa shape index (κ1) is 22.1. The summed E-state index contributed by atoms with van der Waals surface area (Å²) < 4.78 is 20.1. The minimum Gasteiger partial charge on any atom is -0.481 e. The number of carbonyl (C=O) groups excluding carboxylic acids is 2. The van der Waals surface area contributed by atoms with Crippen molar-refractivity contribution in [2.75, 3.05) is 13.1 Å². The third-order valence-corrected chi connectivity index (χ3v) is 6.08. The van der Waals surface area contributed by atoms with Crippen LogP contribution in [0.1, 0.15) is 48.9 Å². The molecule has 2 aromatic rings. The molecule has 2 atom stereocenters. The highest BCUT2D eigenvalue weighted by Crippen LogP contribution is 2.41. The highest BCUT2D eigenvalue weighted by atomic mass is 19.1. The standard InChI is InChI=1S/C26H29FN2O3/c1-3-13-28-25(30)23(4-2)32-21-11-10-17-12-14-29(26(31)18-8-9-18)24(22(17)16-21)19-6-5-7-20(27)15-19/h3,5-7,10-11,15-16,18,23-24H,1,4,8-9,12-14H2,2H3,(H,28,30)/t23-,24-/m1/s1. The summed E-state index contributed by atoms with van der Waals surface area (Å²) in [6, 6.07) is 11.8. The van der Waals surface area contributed by atoms with Gasteiger partial charge in [-0.25, -0.2) is 4.39 Å². The van der Waals surface area contributed by atoms with Crippen molar-refractivity contribution in [2.24, 2.45) is 5.92 Å². The molecule has 0 radical (unpaired) electrons. The van der Waals surface area contributed by atoms with Crippen LogP contribution in [0.5, 0.6) is 5.75 Å². The zero-order valence-electron chi connectivity index (χ0n) is 18.4. The Kier molecular flexibility index (Phi) is 6.58. The van der Waals surface area contributed by atoms with Crippen molar-refractivity contribution in [2.45, 2.75) is 44.8 Å². The van der Waals surface area contributed by atoms with E-state index < -0.39 is 6.10 Å². The molecule has 1 saturated carbocycles. The molecule has 0 saturated heterocycles. The van der Waals surface area contributed by atoms with Crippen LogP contribution in [-0.2, 0) is 16.0 Å². The molecular formula is C26H29FN2O3. The lowest BCUT2D eigenvalue weighted by molar-refractivity contribution is -0.134. The minimum atomic E-state index is -0.631. The van der Waals surface area contributed by atoms with Gasteiger partial charge in [0.15, 0.2) is 6.10 Å². The Morgan fingerprint density at radius 2 is 2.09 bits per heavy atom. The predicted molar refractivity (Wildman–Crippen MR) is 121 cm³/mol. The molecule has 5 nitrogen and oxygen atoms in total. The molecule has 4 rings (SSSR count). The van der Waals surface area contributed by atoms with E-state index in [1.165, 1.54) is 12.1 Å². The van der Waals surface area contributed by atoms with E-state index in [1.807, 2.05) is 36.1 Å². The lowest BCUT2D eigenvalue weighted by Gasteiger charge is -2.38. The van der Waals surface area contributed by atoms with Gasteiger partial charge < -0.3 is 15.0 Å². The van der Waals surface area contributed by atoms with Crippen LogP contribution in [-0.4, -0.2) is 35.9 Å².